The molecule has 0 aliphatic carbocycles. The number of aromatic nitrogens is 4. The third-order valence-corrected chi connectivity index (χ3v) is 7.48. The number of aromatic carboxylic acids is 1. The smallest absolute Gasteiger partial charge is 0.348 e. The molecule has 3 N–H and O–H groups in total. The van der Waals surface area contributed by atoms with Gasteiger partial charge in [0.2, 0.25) is 0 Å². The number of aromatic amines is 1. The van der Waals surface area contributed by atoms with Gasteiger partial charge in [0, 0.05) is 37.8 Å². The van der Waals surface area contributed by atoms with Gasteiger partial charge in [-0.25, -0.2) is 9.78 Å². The lowest BCUT2D eigenvalue weighted by Crippen LogP contribution is -2.55. The molecule has 1 fully saturated rings. The summed E-state index contributed by atoms with van der Waals surface area (Å²) in [6.07, 6.45) is 4.70. The molecule has 0 bridgehead atoms. The van der Waals surface area contributed by atoms with Crippen LogP contribution in [-0.2, 0) is 4.74 Å². The monoisotopic (exact) mass is 524 g/mol. The molecule has 180 valence electrons. The number of carboxylic acid groups (broad SMARTS) is 1. The SMILES string of the molecule is CCO[C@H]1CN(c2nc(-c3cnccn3)c(C(=O)O)s2)CC[C@H]1NC(=O)c1[nH]c(C)c(Cl)c1Cl. The number of thiazole rings is 1. The average Bonchev–Trinajstić information content (AvgIpc) is 3.39. The van der Waals surface area contributed by atoms with E-state index in [2.05, 4.69) is 25.3 Å². The van der Waals surface area contributed by atoms with Gasteiger partial charge in [0.05, 0.1) is 28.4 Å². The number of ether oxygens (including phenoxy) is 1. The van der Waals surface area contributed by atoms with Gasteiger partial charge in [-0.2, -0.15) is 0 Å². The van der Waals surface area contributed by atoms with Crippen molar-refractivity contribution in [1.82, 2.24) is 25.3 Å². The first-order valence-electron chi connectivity index (χ1n) is 10.5. The highest BCUT2D eigenvalue weighted by Gasteiger charge is 2.34. The van der Waals surface area contributed by atoms with Gasteiger partial charge < -0.3 is 25.0 Å². The summed E-state index contributed by atoms with van der Waals surface area (Å²) in [5.74, 6) is -1.44. The van der Waals surface area contributed by atoms with Crippen LogP contribution in [0.2, 0.25) is 10.0 Å². The molecule has 4 heterocycles. The Bertz CT molecular complexity index is 1200. The Labute approximate surface area is 209 Å². The lowest BCUT2D eigenvalue weighted by atomic mass is 10.0. The minimum absolute atomic E-state index is 0.0903. The van der Waals surface area contributed by atoms with Crippen molar-refractivity contribution in [2.24, 2.45) is 0 Å². The molecule has 3 aromatic heterocycles. The Kier molecular flexibility index (Phi) is 7.36. The minimum atomic E-state index is -1.08. The van der Waals surface area contributed by atoms with Crippen LogP contribution in [0.4, 0.5) is 5.13 Å². The summed E-state index contributed by atoms with van der Waals surface area (Å²) in [5, 5.41) is 13.7. The first kappa shape index (κ1) is 24.4. The van der Waals surface area contributed by atoms with Gasteiger partial charge in [0.25, 0.3) is 5.91 Å². The summed E-state index contributed by atoms with van der Waals surface area (Å²) in [6, 6.07) is -0.277. The predicted molar refractivity (Wildman–Crippen MR) is 129 cm³/mol. The molecule has 0 saturated carbocycles. The lowest BCUT2D eigenvalue weighted by Gasteiger charge is -2.38. The Morgan fingerprint density at radius 1 is 1.35 bits per heavy atom. The number of anilines is 1. The number of aryl methyl sites for hydroxylation is 1. The Morgan fingerprint density at radius 2 is 2.15 bits per heavy atom. The van der Waals surface area contributed by atoms with Crippen LogP contribution in [0, 0.1) is 6.92 Å². The van der Waals surface area contributed by atoms with Crippen molar-refractivity contribution in [3.05, 3.63) is 44.9 Å². The quantitative estimate of drug-likeness (QED) is 0.426. The van der Waals surface area contributed by atoms with E-state index in [4.69, 9.17) is 27.9 Å². The number of halogens is 2. The van der Waals surface area contributed by atoms with E-state index in [1.54, 1.807) is 6.92 Å². The van der Waals surface area contributed by atoms with E-state index in [-0.39, 0.29) is 39.3 Å². The summed E-state index contributed by atoms with van der Waals surface area (Å²) < 4.78 is 5.92. The number of carbonyl (C=O) groups excluding carboxylic acids is 1. The third kappa shape index (κ3) is 4.88. The molecule has 4 rings (SSSR count). The van der Waals surface area contributed by atoms with E-state index >= 15 is 0 Å². The van der Waals surface area contributed by atoms with Gasteiger partial charge in [-0.1, -0.05) is 34.5 Å². The van der Waals surface area contributed by atoms with Crippen LogP contribution in [0.25, 0.3) is 11.4 Å². The van der Waals surface area contributed by atoms with E-state index in [0.717, 1.165) is 11.3 Å². The maximum Gasteiger partial charge on any atom is 0.348 e. The summed E-state index contributed by atoms with van der Waals surface area (Å²) in [7, 11) is 0. The Balaban J connectivity index is 1.53. The fourth-order valence-electron chi connectivity index (χ4n) is 3.79. The predicted octanol–water partition coefficient (Wildman–Crippen LogP) is 3.66. The minimum Gasteiger partial charge on any atom is -0.477 e. The van der Waals surface area contributed by atoms with Crippen molar-refractivity contribution in [2.75, 3.05) is 24.6 Å². The van der Waals surface area contributed by atoms with Crippen LogP contribution in [0.15, 0.2) is 18.6 Å². The van der Waals surface area contributed by atoms with Gasteiger partial charge in [0.1, 0.15) is 22.0 Å². The number of nitrogens with one attached hydrogen (secondary N) is 2. The van der Waals surface area contributed by atoms with Crippen LogP contribution in [0.1, 0.15) is 39.2 Å². The van der Waals surface area contributed by atoms with Crippen LogP contribution in [-0.4, -0.2) is 68.8 Å². The molecule has 34 heavy (non-hydrogen) atoms. The zero-order valence-corrected chi connectivity index (χ0v) is 20.7. The lowest BCUT2D eigenvalue weighted by molar-refractivity contribution is 0.0272. The molecule has 0 unspecified atom stereocenters. The number of rotatable bonds is 7. The van der Waals surface area contributed by atoms with E-state index < -0.39 is 5.97 Å². The number of hydrogen-bond acceptors (Lipinski definition) is 8. The van der Waals surface area contributed by atoms with Crippen LogP contribution in [0.5, 0.6) is 0 Å². The number of amides is 1. The second-order valence-electron chi connectivity index (χ2n) is 7.63. The van der Waals surface area contributed by atoms with Crippen LogP contribution < -0.4 is 10.2 Å². The standard InChI is InChI=1S/C21H22Cl2N6O4S/c1-3-33-13-9-29(7-4-11(13)27-19(30)17-15(23)14(22)10(2)26-17)21-28-16(18(34-21)20(31)32)12-8-24-5-6-25-12/h5-6,8,11,13,26H,3-4,7,9H2,1-2H3,(H,27,30)(H,31,32)/t11-,13+/m1/s1. The number of carboxylic acids is 1. The zero-order chi connectivity index (χ0) is 24.4. The fraction of sp³-hybridized carbons (Fsp3) is 0.381. The van der Waals surface area contributed by atoms with Gasteiger partial charge in [-0.05, 0) is 20.3 Å². The zero-order valence-electron chi connectivity index (χ0n) is 18.3. The molecule has 0 radical (unpaired) electrons. The van der Waals surface area contributed by atoms with Crippen molar-refractivity contribution >= 4 is 51.5 Å². The number of nitrogens with zero attached hydrogens (tertiary/aromatic N) is 4. The van der Waals surface area contributed by atoms with Gasteiger partial charge in [0.15, 0.2) is 5.13 Å². The highest BCUT2D eigenvalue weighted by Crippen LogP contribution is 2.34. The largest absolute Gasteiger partial charge is 0.477 e. The fourth-order valence-corrected chi connectivity index (χ4v) is 5.16. The first-order valence-corrected chi connectivity index (χ1v) is 12.1. The van der Waals surface area contributed by atoms with Crippen molar-refractivity contribution in [3.8, 4) is 11.4 Å². The van der Waals surface area contributed by atoms with Crippen molar-refractivity contribution in [2.45, 2.75) is 32.4 Å². The van der Waals surface area contributed by atoms with Gasteiger partial charge in [-0.3, -0.25) is 14.8 Å². The van der Waals surface area contributed by atoms with Crippen LogP contribution >= 0.6 is 34.5 Å². The number of piperidine rings is 1. The Hall–Kier alpha value is -2.73. The molecular weight excluding hydrogens is 503 g/mol. The summed E-state index contributed by atoms with van der Waals surface area (Å²) in [6.45, 7) is 5.02. The maximum atomic E-state index is 12.8. The normalized spacial score (nSPS) is 18.2. The number of hydrogen-bond donors (Lipinski definition) is 3. The highest BCUT2D eigenvalue weighted by atomic mass is 35.5. The van der Waals surface area contributed by atoms with Gasteiger partial charge >= 0.3 is 5.97 Å². The topological polar surface area (TPSA) is 133 Å². The van der Waals surface area contributed by atoms with Gasteiger partial charge in [-0.15, -0.1) is 0 Å². The molecule has 13 heteroatoms. The van der Waals surface area contributed by atoms with Crippen molar-refractivity contribution < 1.29 is 19.4 Å². The van der Waals surface area contributed by atoms with E-state index in [0.29, 0.717) is 47.7 Å². The second-order valence-corrected chi connectivity index (χ2v) is 9.36. The van der Waals surface area contributed by atoms with E-state index in [9.17, 15) is 14.7 Å². The van der Waals surface area contributed by atoms with E-state index in [1.165, 1.54) is 18.6 Å². The molecule has 0 aromatic carbocycles. The summed E-state index contributed by atoms with van der Waals surface area (Å²) >= 11 is 13.4. The summed E-state index contributed by atoms with van der Waals surface area (Å²) in [5.41, 5.74) is 1.49. The molecule has 0 spiro atoms. The number of H-pyrrole nitrogens is 1. The van der Waals surface area contributed by atoms with E-state index in [1.807, 2.05) is 11.8 Å². The molecule has 1 saturated heterocycles. The second kappa shape index (κ2) is 10.3. The number of carbonyl (C=O) groups is 2. The average molecular weight is 525 g/mol. The molecule has 3 aromatic rings. The molecule has 10 nitrogen and oxygen atoms in total. The van der Waals surface area contributed by atoms with Crippen LogP contribution in [0.3, 0.4) is 0 Å². The molecular formula is C21H22Cl2N6O4S. The molecule has 1 amide bonds. The Morgan fingerprint density at radius 3 is 2.76 bits per heavy atom. The maximum absolute atomic E-state index is 12.8. The highest BCUT2D eigenvalue weighted by molar-refractivity contribution is 7.17. The van der Waals surface area contributed by atoms with Crippen molar-refractivity contribution in [1.29, 1.82) is 0 Å². The third-order valence-electron chi connectivity index (χ3n) is 5.42. The van der Waals surface area contributed by atoms with Crippen molar-refractivity contribution in [3.63, 3.8) is 0 Å². The first-order chi connectivity index (χ1) is 16.3. The molecule has 1 aliphatic rings. The summed E-state index contributed by atoms with van der Waals surface area (Å²) in [4.78, 5) is 42.4. The molecule has 2 atom stereocenters. The molecule has 1 aliphatic heterocycles.